The van der Waals surface area contributed by atoms with Crippen LogP contribution in [0.2, 0.25) is 0 Å². The fourth-order valence-corrected chi connectivity index (χ4v) is 2.22. The van der Waals surface area contributed by atoms with E-state index in [0.717, 1.165) is 43.3 Å². The molecule has 2 N–H and O–H groups in total. The van der Waals surface area contributed by atoms with Crippen molar-refractivity contribution in [1.82, 2.24) is 20.8 Å². The predicted molar refractivity (Wildman–Crippen MR) is 112 cm³/mol. The number of benzene rings is 1. The van der Waals surface area contributed by atoms with Crippen LogP contribution in [-0.2, 0) is 12.8 Å². The molecule has 0 atom stereocenters. The Morgan fingerprint density at radius 3 is 2.48 bits per heavy atom. The van der Waals surface area contributed by atoms with E-state index in [0.29, 0.717) is 11.9 Å². The standard InChI is InChI=1S/C18H27N5O.HI/c1-5-16-22-17(24-23-16)15-9-7-14(8-10-15)11-12-20-18(19-6-2)21-13(3)4;/h7-10,13H,5-6,11-12H2,1-4H3,(H2,19,20,21);1H. The lowest BCUT2D eigenvalue weighted by Gasteiger charge is -2.13. The Bertz CT molecular complexity index is 652. The number of aromatic nitrogens is 2. The maximum atomic E-state index is 5.26. The number of hydrogen-bond donors (Lipinski definition) is 2. The van der Waals surface area contributed by atoms with Gasteiger partial charge in [-0.1, -0.05) is 24.2 Å². The van der Waals surface area contributed by atoms with Crippen molar-refractivity contribution < 1.29 is 4.52 Å². The first-order valence-electron chi connectivity index (χ1n) is 8.59. The Kier molecular flexibility index (Phi) is 9.48. The van der Waals surface area contributed by atoms with Crippen molar-refractivity contribution >= 4 is 29.9 Å². The molecule has 0 aliphatic carbocycles. The summed E-state index contributed by atoms with van der Waals surface area (Å²) in [6.45, 7) is 9.88. The zero-order valence-corrected chi connectivity index (χ0v) is 17.7. The fourth-order valence-electron chi connectivity index (χ4n) is 2.22. The van der Waals surface area contributed by atoms with E-state index in [4.69, 9.17) is 4.52 Å². The number of nitrogens with zero attached hydrogens (tertiary/aromatic N) is 3. The van der Waals surface area contributed by atoms with Gasteiger partial charge in [-0.3, -0.25) is 4.99 Å². The Hall–Kier alpha value is -1.64. The van der Waals surface area contributed by atoms with Crippen LogP contribution in [0.25, 0.3) is 11.5 Å². The van der Waals surface area contributed by atoms with Gasteiger partial charge in [0.2, 0.25) is 0 Å². The SMILES string of the molecule is CCNC(=NCCc1ccc(-c2nc(CC)no2)cc1)NC(C)C.I. The molecule has 0 spiro atoms. The summed E-state index contributed by atoms with van der Waals surface area (Å²) in [6.07, 6.45) is 1.66. The van der Waals surface area contributed by atoms with Crippen molar-refractivity contribution in [3.8, 4) is 11.5 Å². The zero-order valence-electron chi connectivity index (χ0n) is 15.4. The average molecular weight is 457 g/mol. The molecule has 2 rings (SSSR count). The van der Waals surface area contributed by atoms with Crippen LogP contribution >= 0.6 is 24.0 Å². The van der Waals surface area contributed by atoms with Crippen LogP contribution in [0.15, 0.2) is 33.8 Å². The molecule has 1 heterocycles. The summed E-state index contributed by atoms with van der Waals surface area (Å²) in [6, 6.07) is 8.57. The molecule has 0 saturated heterocycles. The molecule has 2 aromatic rings. The van der Waals surface area contributed by atoms with Crippen LogP contribution in [0.3, 0.4) is 0 Å². The molecule has 0 aliphatic rings. The number of guanidine groups is 1. The number of aryl methyl sites for hydroxylation is 1. The third-order valence-electron chi connectivity index (χ3n) is 3.43. The highest BCUT2D eigenvalue weighted by atomic mass is 127. The van der Waals surface area contributed by atoms with Crippen LogP contribution in [-0.4, -0.2) is 35.2 Å². The van der Waals surface area contributed by atoms with Gasteiger partial charge in [0.1, 0.15) is 0 Å². The van der Waals surface area contributed by atoms with Crippen molar-refractivity contribution in [2.45, 2.75) is 46.6 Å². The molecule has 1 aromatic carbocycles. The Morgan fingerprint density at radius 2 is 1.92 bits per heavy atom. The van der Waals surface area contributed by atoms with Crippen LogP contribution < -0.4 is 10.6 Å². The summed E-state index contributed by atoms with van der Waals surface area (Å²) in [7, 11) is 0. The third-order valence-corrected chi connectivity index (χ3v) is 3.43. The summed E-state index contributed by atoms with van der Waals surface area (Å²) in [5.74, 6) is 2.17. The highest BCUT2D eigenvalue weighted by Gasteiger charge is 2.07. The molecule has 0 amide bonds. The van der Waals surface area contributed by atoms with E-state index >= 15 is 0 Å². The topological polar surface area (TPSA) is 75.3 Å². The van der Waals surface area contributed by atoms with Gasteiger partial charge in [0.15, 0.2) is 11.8 Å². The number of halogens is 1. The Balaban J connectivity index is 0.00000312. The normalized spacial score (nSPS) is 11.3. The Morgan fingerprint density at radius 1 is 1.20 bits per heavy atom. The van der Waals surface area contributed by atoms with Gasteiger partial charge < -0.3 is 15.2 Å². The van der Waals surface area contributed by atoms with E-state index in [1.165, 1.54) is 5.56 Å². The molecule has 0 aliphatic heterocycles. The van der Waals surface area contributed by atoms with Crippen LogP contribution in [0.4, 0.5) is 0 Å². The molecule has 0 fully saturated rings. The molecule has 0 radical (unpaired) electrons. The van der Waals surface area contributed by atoms with Crippen molar-refractivity contribution in [3.05, 3.63) is 35.7 Å². The minimum Gasteiger partial charge on any atom is -0.357 e. The van der Waals surface area contributed by atoms with Crippen LogP contribution in [0.1, 0.15) is 39.1 Å². The molecule has 25 heavy (non-hydrogen) atoms. The molecular weight excluding hydrogens is 429 g/mol. The number of aliphatic imine (C=N–C) groups is 1. The van der Waals surface area contributed by atoms with E-state index in [1.807, 2.05) is 19.1 Å². The molecule has 0 saturated carbocycles. The van der Waals surface area contributed by atoms with Crippen molar-refractivity contribution in [2.24, 2.45) is 4.99 Å². The molecule has 138 valence electrons. The summed E-state index contributed by atoms with van der Waals surface area (Å²) in [5, 5.41) is 10.5. The van der Waals surface area contributed by atoms with E-state index in [2.05, 4.69) is 58.7 Å². The van der Waals surface area contributed by atoms with Crippen LogP contribution in [0, 0.1) is 0 Å². The number of rotatable bonds is 7. The second-order valence-corrected chi connectivity index (χ2v) is 5.88. The minimum atomic E-state index is 0. The summed E-state index contributed by atoms with van der Waals surface area (Å²) in [4.78, 5) is 8.94. The molecular formula is C18H28IN5O. The largest absolute Gasteiger partial charge is 0.357 e. The van der Waals surface area contributed by atoms with Crippen molar-refractivity contribution in [1.29, 1.82) is 0 Å². The van der Waals surface area contributed by atoms with E-state index < -0.39 is 0 Å². The smallest absolute Gasteiger partial charge is 0.257 e. The van der Waals surface area contributed by atoms with E-state index in [1.54, 1.807) is 0 Å². The molecule has 0 bridgehead atoms. The fraction of sp³-hybridized carbons (Fsp3) is 0.500. The highest BCUT2D eigenvalue weighted by molar-refractivity contribution is 14.0. The van der Waals surface area contributed by atoms with Gasteiger partial charge in [-0.15, -0.1) is 24.0 Å². The highest BCUT2D eigenvalue weighted by Crippen LogP contribution is 2.18. The first-order valence-corrected chi connectivity index (χ1v) is 8.59. The maximum absolute atomic E-state index is 5.26. The van der Waals surface area contributed by atoms with Gasteiger partial charge in [0, 0.05) is 31.1 Å². The summed E-state index contributed by atoms with van der Waals surface area (Å²) >= 11 is 0. The van der Waals surface area contributed by atoms with Crippen molar-refractivity contribution in [3.63, 3.8) is 0 Å². The minimum absolute atomic E-state index is 0. The molecule has 6 nitrogen and oxygen atoms in total. The number of nitrogens with one attached hydrogen (secondary N) is 2. The van der Waals surface area contributed by atoms with Crippen molar-refractivity contribution in [2.75, 3.05) is 13.1 Å². The second-order valence-electron chi connectivity index (χ2n) is 5.88. The van der Waals surface area contributed by atoms with Gasteiger partial charge in [-0.25, -0.2) is 0 Å². The lowest BCUT2D eigenvalue weighted by molar-refractivity contribution is 0.423. The average Bonchev–Trinajstić information content (AvgIpc) is 3.04. The first-order chi connectivity index (χ1) is 11.6. The monoisotopic (exact) mass is 457 g/mol. The quantitative estimate of drug-likeness (QED) is 0.379. The third kappa shape index (κ3) is 7.01. The van der Waals surface area contributed by atoms with Gasteiger partial charge >= 0.3 is 0 Å². The lowest BCUT2D eigenvalue weighted by Crippen LogP contribution is -2.41. The molecule has 7 heteroatoms. The van der Waals surface area contributed by atoms with Gasteiger partial charge in [0.05, 0.1) is 0 Å². The van der Waals surface area contributed by atoms with Gasteiger partial charge in [0.25, 0.3) is 5.89 Å². The lowest BCUT2D eigenvalue weighted by atomic mass is 10.1. The zero-order chi connectivity index (χ0) is 17.4. The predicted octanol–water partition coefficient (Wildman–Crippen LogP) is 3.42. The van der Waals surface area contributed by atoms with Gasteiger partial charge in [-0.05, 0) is 44.9 Å². The molecule has 1 aromatic heterocycles. The summed E-state index contributed by atoms with van der Waals surface area (Å²) in [5.41, 5.74) is 2.18. The first kappa shape index (κ1) is 21.4. The molecule has 0 unspecified atom stereocenters. The van der Waals surface area contributed by atoms with Crippen LogP contribution in [0.5, 0.6) is 0 Å². The number of hydrogen-bond acceptors (Lipinski definition) is 4. The summed E-state index contributed by atoms with van der Waals surface area (Å²) < 4.78 is 5.26. The maximum Gasteiger partial charge on any atom is 0.257 e. The van der Waals surface area contributed by atoms with Gasteiger partial charge in [-0.2, -0.15) is 4.98 Å². The van der Waals surface area contributed by atoms with E-state index in [-0.39, 0.29) is 24.0 Å². The second kappa shape index (κ2) is 11.1. The van der Waals surface area contributed by atoms with E-state index in [9.17, 15) is 0 Å². The Labute approximate surface area is 166 Å².